The monoisotopic (exact) mass is 466 g/mol. The van der Waals surface area contributed by atoms with E-state index in [1.54, 1.807) is 18.2 Å². The summed E-state index contributed by atoms with van der Waals surface area (Å²) in [5.74, 6) is -1.43. The molecule has 0 fully saturated rings. The van der Waals surface area contributed by atoms with E-state index in [-0.39, 0.29) is 11.3 Å². The number of imide groups is 1. The number of ether oxygens (including phenoxy) is 1. The molecule has 0 atom stereocenters. The van der Waals surface area contributed by atoms with Crippen molar-refractivity contribution in [2.75, 3.05) is 10.2 Å². The van der Waals surface area contributed by atoms with Crippen LogP contribution in [0.2, 0.25) is 0 Å². The molecule has 0 saturated carbocycles. The molecule has 1 heterocycles. The minimum atomic E-state index is -4.81. The Bertz CT molecular complexity index is 1290. The number of amides is 2. The highest BCUT2D eigenvalue weighted by atomic mass is 19.4. The van der Waals surface area contributed by atoms with E-state index in [9.17, 15) is 22.8 Å². The summed E-state index contributed by atoms with van der Waals surface area (Å²) in [5, 5.41) is 2.94. The van der Waals surface area contributed by atoms with Gasteiger partial charge < -0.3 is 10.1 Å². The van der Waals surface area contributed by atoms with E-state index in [0.29, 0.717) is 16.9 Å². The lowest BCUT2D eigenvalue weighted by Crippen LogP contribution is -2.33. The highest BCUT2D eigenvalue weighted by molar-refractivity contribution is 6.46. The van der Waals surface area contributed by atoms with Crippen LogP contribution in [0.5, 0.6) is 5.75 Å². The molecular weight excluding hydrogens is 445 g/mol. The van der Waals surface area contributed by atoms with Crippen molar-refractivity contribution in [2.45, 2.75) is 27.1 Å². The van der Waals surface area contributed by atoms with E-state index < -0.39 is 23.9 Å². The Morgan fingerprint density at radius 2 is 1.41 bits per heavy atom. The second-order valence-corrected chi connectivity index (χ2v) is 8.05. The second kappa shape index (κ2) is 8.70. The summed E-state index contributed by atoms with van der Waals surface area (Å²) in [6.07, 6.45) is -4.81. The van der Waals surface area contributed by atoms with Crippen LogP contribution in [-0.2, 0) is 9.59 Å². The minimum Gasteiger partial charge on any atom is -0.406 e. The lowest BCUT2D eigenvalue weighted by atomic mass is 10.0. The number of hydrogen-bond acceptors (Lipinski definition) is 4. The Morgan fingerprint density at radius 1 is 0.794 bits per heavy atom. The van der Waals surface area contributed by atoms with Crippen LogP contribution in [0.4, 0.5) is 24.5 Å². The van der Waals surface area contributed by atoms with Gasteiger partial charge in [0.25, 0.3) is 11.8 Å². The van der Waals surface area contributed by atoms with E-state index in [4.69, 9.17) is 0 Å². The van der Waals surface area contributed by atoms with Crippen molar-refractivity contribution in [2.24, 2.45) is 0 Å². The zero-order valence-electron chi connectivity index (χ0n) is 18.7. The third kappa shape index (κ3) is 4.66. The molecule has 4 rings (SSSR count). The molecular formula is C26H21F3N2O3. The third-order valence-electron chi connectivity index (χ3n) is 5.37. The Balaban J connectivity index is 1.74. The summed E-state index contributed by atoms with van der Waals surface area (Å²) in [6, 6.07) is 17.5. The second-order valence-electron chi connectivity index (χ2n) is 8.05. The van der Waals surface area contributed by atoms with Crippen LogP contribution >= 0.6 is 0 Å². The van der Waals surface area contributed by atoms with Gasteiger partial charge in [-0.3, -0.25) is 9.59 Å². The molecule has 1 N–H and O–H groups in total. The molecule has 0 spiro atoms. The van der Waals surface area contributed by atoms with Crippen molar-refractivity contribution >= 4 is 28.8 Å². The van der Waals surface area contributed by atoms with Crippen LogP contribution in [0.3, 0.4) is 0 Å². The smallest absolute Gasteiger partial charge is 0.406 e. The Labute approximate surface area is 194 Å². The molecule has 2 amide bonds. The standard InChI is InChI=1S/C26H21F3N2O3/c1-15-4-7-18(8-5-15)22-23(30-19-9-11-20(12-10-19)34-26(27,28)29)25(33)31(24(22)32)21-13-6-16(2)14-17(21)3/h4-14,30H,1-3H3. The lowest BCUT2D eigenvalue weighted by molar-refractivity contribution is -0.274. The van der Waals surface area contributed by atoms with Gasteiger partial charge in [-0.05, 0) is 62.2 Å². The summed E-state index contributed by atoms with van der Waals surface area (Å²) in [5.41, 5.74) is 4.32. The van der Waals surface area contributed by atoms with Crippen LogP contribution < -0.4 is 15.0 Å². The number of rotatable bonds is 5. The molecule has 5 nitrogen and oxygen atoms in total. The summed E-state index contributed by atoms with van der Waals surface area (Å²) >= 11 is 0. The number of carbonyl (C=O) groups is 2. The largest absolute Gasteiger partial charge is 0.573 e. The first-order chi connectivity index (χ1) is 16.0. The number of nitrogens with zero attached hydrogens (tertiary/aromatic N) is 1. The summed E-state index contributed by atoms with van der Waals surface area (Å²) in [7, 11) is 0. The van der Waals surface area contributed by atoms with Crippen molar-refractivity contribution in [1.29, 1.82) is 0 Å². The van der Waals surface area contributed by atoms with Gasteiger partial charge >= 0.3 is 6.36 Å². The van der Waals surface area contributed by atoms with Crippen molar-refractivity contribution in [3.8, 4) is 5.75 Å². The first-order valence-electron chi connectivity index (χ1n) is 10.4. The average molecular weight is 466 g/mol. The summed E-state index contributed by atoms with van der Waals surface area (Å²) in [4.78, 5) is 28.1. The fourth-order valence-electron chi connectivity index (χ4n) is 3.79. The van der Waals surface area contributed by atoms with E-state index in [2.05, 4.69) is 10.1 Å². The maximum absolute atomic E-state index is 13.5. The molecule has 0 bridgehead atoms. The maximum atomic E-state index is 13.5. The van der Waals surface area contributed by atoms with Crippen LogP contribution in [0.15, 0.2) is 72.4 Å². The SMILES string of the molecule is Cc1ccc(C2=C(Nc3ccc(OC(F)(F)F)cc3)C(=O)N(c3ccc(C)cc3C)C2=O)cc1. The quantitative estimate of drug-likeness (QED) is 0.475. The molecule has 0 aliphatic carbocycles. The summed E-state index contributed by atoms with van der Waals surface area (Å²) in [6.45, 7) is 5.64. The molecule has 3 aromatic carbocycles. The number of alkyl halides is 3. The zero-order valence-corrected chi connectivity index (χ0v) is 18.7. The highest BCUT2D eigenvalue weighted by Crippen LogP contribution is 2.36. The van der Waals surface area contributed by atoms with Gasteiger partial charge in [0.2, 0.25) is 0 Å². The van der Waals surface area contributed by atoms with Gasteiger partial charge in [0, 0.05) is 5.69 Å². The Kier molecular flexibility index (Phi) is 5.91. The van der Waals surface area contributed by atoms with Crippen LogP contribution in [0, 0.1) is 20.8 Å². The number of halogens is 3. The van der Waals surface area contributed by atoms with E-state index in [1.165, 1.54) is 12.1 Å². The Morgan fingerprint density at radius 3 is 2.00 bits per heavy atom. The van der Waals surface area contributed by atoms with Crippen molar-refractivity contribution in [3.05, 3.63) is 94.7 Å². The predicted octanol–water partition coefficient (Wildman–Crippen LogP) is 5.91. The van der Waals surface area contributed by atoms with Crippen LogP contribution in [-0.4, -0.2) is 18.2 Å². The molecule has 3 aromatic rings. The van der Waals surface area contributed by atoms with Crippen LogP contribution in [0.1, 0.15) is 22.3 Å². The highest BCUT2D eigenvalue weighted by Gasteiger charge is 2.41. The van der Waals surface area contributed by atoms with Gasteiger partial charge in [-0.15, -0.1) is 13.2 Å². The lowest BCUT2D eigenvalue weighted by Gasteiger charge is -2.18. The van der Waals surface area contributed by atoms with Gasteiger partial charge in [-0.2, -0.15) is 0 Å². The Hall–Kier alpha value is -4.07. The molecule has 8 heteroatoms. The summed E-state index contributed by atoms with van der Waals surface area (Å²) < 4.78 is 41.3. The van der Waals surface area contributed by atoms with E-state index in [1.807, 2.05) is 45.0 Å². The number of carbonyl (C=O) groups excluding carboxylic acids is 2. The minimum absolute atomic E-state index is 0.0401. The molecule has 0 saturated heterocycles. The van der Waals surface area contributed by atoms with E-state index >= 15 is 0 Å². The molecule has 0 unspecified atom stereocenters. The molecule has 0 aromatic heterocycles. The molecule has 0 radical (unpaired) electrons. The molecule has 174 valence electrons. The van der Waals surface area contributed by atoms with Gasteiger partial charge in [0.05, 0.1) is 11.3 Å². The normalized spacial score (nSPS) is 14.1. The maximum Gasteiger partial charge on any atom is 0.573 e. The van der Waals surface area contributed by atoms with Gasteiger partial charge in [0.1, 0.15) is 11.4 Å². The average Bonchev–Trinajstić information content (AvgIpc) is 2.99. The van der Waals surface area contributed by atoms with Crippen LogP contribution in [0.25, 0.3) is 5.57 Å². The van der Waals surface area contributed by atoms with Crippen molar-refractivity contribution < 1.29 is 27.5 Å². The van der Waals surface area contributed by atoms with E-state index in [0.717, 1.165) is 33.7 Å². The van der Waals surface area contributed by atoms with Crippen molar-refractivity contribution in [1.82, 2.24) is 0 Å². The predicted molar refractivity (Wildman–Crippen MR) is 123 cm³/mol. The number of hydrogen-bond donors (Lipinski definition) is 1. The van der Waals surface area contributed by atoms with Gasteiger partial charge in [0.15, 0.2) is 0 Å². The first kappa shape index (κ1) is 23.1. The molecule has 34 heavy (non-hydrogen) atoms. The van der Waals surface area contributed by atoms with Gasteiger partial charge in [-0.25, -0.2) is 4.90 Å². The third-order valence-corrected chi connectivity index (χ3v) is 5.37. The molecule has 1 aliphatic rings. The molecule has 1 aliphatic heterocycles. The fraction of sp³-hybridized carbons (Fsp3) is 0.154. The number of benzene rings is 3. The van der Waals surface area contributed by atoms with Crippen molar-refractivity contribution in [3.63, 3.8) is 0 Å². The topological polar surface area (TPSA) is 58.6 Å². The number of anilines is 2. The first-order valence-corrected chi connectivity index (χ1v) is 10.4. The number of aryl methyl sites for hydroxylation is 3. The number of nitrogens with one attached hydrogen (secondary N) is 1. The fourth-order valence-corrected chi connectivity index (χ4v) is 3.79. The zero-order chi connectivity index (χ0) is 24.6. The van der Waals surface area contributed by atoms with Gasteiger partial charge in [-0.1, -0.05) is 47.5 Å².